The van der Waals surface area contributed by atoms with Gasteiger partial charge in [0.25, 0.3) is 0 Å². The van der Waals surface area contributed by atoms with Gasteiger partial charge < -0.3 is 10.1 Å². The lowest BCUT2D eigenvalue weighted by molar-refractivity contribution is 0.193. The second kappa shape index (κ2) is 6.98. The van der Waals surface area contributed by atoms with E-state index < -0.39 is 0 Å². The normalized spacial score (nSPS) is 13.0. The molecule has 0 saturated heterocycles. The van der Waals surface area contributed by atoms with E-state index in [4.69, 9.17) is 4.74 Å². The number of thiophene rings is 1. The highest BCUT2D eigenvalue weighted by atomic mass is 32.1. The summed E-state index contributed by atoms with van der Waals surface area (Å²) in [5.74, 6) is 0. The Kier molecular flexibility index (Phi) is 5.83. The summed E-state index contributed by atoms with van der Waals surface area (Å²) in [7, 11) is 1.75. The van der Waals surface area contributed by atoms with Gasteiger partial charge in [-0.3, -0.25) is 0 Å². The molecule has 0 saturated carbocycles. The molecule has 80 valence electrons. The van der Waals surface area contributed by atoms with Crippen LogP contribution in [0.1, 0.15) is 30.7 Å². The lowest BCUT2D eigenvalue weighted by atomic mass is 10.2. The molecule has 1 rings (SSSR count). The third-order valence-electron chi connectivity index (χ3n) is 2.21. The third kappa shape index (κ3) is 3.78. The smallest absolute Gasteiger partial charge is 0.0474 e. The molecule has 0 bridgehead atoms. The minimum atomic E-state index is 0.520. The van der Waals surface area contributed by atoms with Crippen LogP contribution < -0.4 is 5.32 Å². The summed E-state index contributed by atoms with van der Waals surface area (Å²) in [6.45, 7) is 4.09. The SMILES string of the molecule is CCC(NCCCOC)c1cccs1. The van der Waals surface area contributed by atoms with Crippen molar-refractivity contribution in [1.82, 2.24) is 5.32 Å². The van der Waals surface area contributed by atoms with E-state index in [0.717, 1.165) is 26.0 Å². The van der Waals surface area contributed by atoms with Gasteiger partial charge in [0.15, 0.2) is 0 Å². The fourth-order valence-electron chi connectivity index (χ4n) is 1.43. The standard InChI is InChI=1S/C11H19NOS/c1-3-10(11-6-4-9-14-11)12-7-5-8-13-2/h4,6,9-10,12H,3,5,7-8H2,1-2H3. The molecule has 1 unspecified atom stereocenters. The van der Waals surface area contributed by atoms with Crippen LogP contribution in [0.5, 0.6) is 0 Å². The highest BCUT2D eigenvalue weighted by Gasteiger charge is 2.08. The lowest BCUT2D eigenvalue weighted by Gasteiger charge is -2.14. The van der Waals surface area contributed by atoms with E-state index in [0.29, 0.717) is 6.04 Å². The monoisotopic (exact) mass is 213 g/mol. The molecule has 0 aliphatic heterocycles. The van der Waals surface area contributed by atoms with Gasteiger partial charge in [0.1, 0.15) is 0 Å². The molecule has 3 heteroatoms. The molecule has 1 N–H and O–H groups in total. The first-order chi connectivity index (χ1) is 6.88. The average molecular weight is 213 g/mol. The Morgan fingerprint density at radius 3 is 3.00 bits per heavy atom. The number of hydrogen-bond donors (Lipinski definition) is 1. The zero-order chi connectivity index (χ0) is 10.2. The lowest BCUT2D eigenvalue weighted by Crippen LogP contribution is -2.21. The van der Waals surface area contributed by atoms with Gasteiger partial charge in [-0.15, -0.1) is 11.3 Å². The van der Waals surface area contributed by atoms with E-state index >= 15 is 0 Å². The number of ether oxygens (including phenoxy) is 1. The maximum Gasteiger partial charge on any atom is 0.0474 e. The first kappa shape index (κ1) is 11.7. The van der Waals surface area contributed by atoms with E-state index in [-0.39, 0.29) is 0 Å². The Hall–Kier alpha value is -0.380. The Morgan fingerprint density at radius 2 is 2.43 bits per heavy atom. The largest absolute Gasteiger partial charge is 0.385 e. The predicted molar refractivity (Wildman–Crippen MR) is 61.8 cm³/mol. The molecule has 2 nitrogen and oxygen atoms in total. The molecule has 1 heterocycles. The molecule has 1 atom stereocenters. The number of methoxy groups -OCH3 is 1. The molecule has 0 amide bonds. The van der Waals surface area contributed by atoms with Crippen LogP contribution in [0.4, 0.5) is 0 Å². The molecule has 14 heavy (non-hydrogen) atoms. The van der Waals surface area contributed by atoms with Crippen LogP contribution in [-0.4, -0.2) is 20.3 Å². The van der Waals surface area contributed by atoms with E-state index in [1.165, 1.54) is 4.88 Å². The summed E-state index contributed by atoms with van der Waals surface area (Å²) in [4.78, 5) is 1.44. The van der Waals surface area contributed by atoms with Crippen molar-refractivity contribution in [3.8, 4) is 0 Å². The van der Waals surface area contributed by atoms with Crippen molar-refractivity contribution in [1.29, 1.82) is 0 Å². The van der Waals surface area contributed by atoms with E-state index in [2.05, 4.69) is 29.8 Å². The van der Waals surface area contributed by atoms with E-state index in [1.807, 2.05) is 11.3 Å². The molecular weight excluding hydrogens is 194 g/mol. The molecule has 0 fully saturated rings. The molecule has 0 aliphatic rings. The summed E-state index contributed by atoms with van der Waals surface area (Å²) < 4.78 is 5.01. The first-order valence-electron chi connectivity index (χ1n) is 5.14. The molecule has 0 radical (unpaired) electrons. The predicted octanol–water partition coefficient (Wildman–Crippen LogP) is 2.83. The summed E-state index contributed by atoms with van der Waals surface area (Å²) >= 11 is 1.83. The van der Waals surface area contributed by atoms with Crippen molar-refractivity contribution in [2.45, 2.75) is 25.8 Å². The van der Waals surface area contributed by atoms with Crippen molar-refractivity contribution in [3.63, 3.8) is 0 Å². The van der Waals surface area contributed by atoms with Gasteiger partial charge >= 0.3 is 0 Å². The second-order valence-electron chi connectivity index (χ2n) is 3.28. The molecule has 1 aromatic heterocycles. The van der Waals surface area contributed by atoms with Crippen LogP contribution >= 0.6 is 11.3 Å². The number of rotatable bonds is 7. The van der Waals surface area contributed by atoms with Crippen LogP contribution in [0.2, 0.25) is 0 Å². The highest BCUT2D eigenvalue weighted by molar-refractivity contribution is 7.10. The molecule has 0 aliphatic carbocycles. The molecule has 1 aromatic rings. The van der Waals surface area contributed by atoms with Crippen LogP contribution in [0.3, 0.4) is 0 Å². The summed E-state index contributed by atoms with van der Waals surface area (Å²) in [6.07, 6.45) is 2.23. The van der Waals surface area contributed by atoms with Gasteiger partial charge in [-0.25, -0.2) is 0 Å². The van der Waals surface area contributed by atoms with Crippen LogP contribution in [-0.2, 0) is 4.74 Å². The van der Waals surface area contributed by atoms with Crippen molar-refractivity contribution < 1.29 is 4.74 Å². The van der Waals surface area contributed by atoms with Gasteiger partial charge in [-0.05, 0) is 30.8 Å². The average Bonchev–Trinajstić information content (AvgIpc) is 2.71. The maximum absolute atomic E-state index is 5.01. The zero-order valence-electron chi connectivity index (χ0n) is 8.95. The van der Waals surface area contributed by atoms with Crippen molar-refractivity contribution in [2.75, 3.05) is 20.3 Å². The summed E-state index contributed by atoms with van der Waals surface area (Å²) in [6, 6.07) is 4.83. The molecule has 0 aromatic carbocycles. The van der Waals surface area contributed by atoms with Crippen molar-refractivity contribution in [3.05, 3.63) is 22.4 Å². The van der Waals surface area contributed by atoms with Crippen LogP contribution in [0, 0.1) is 0 Å². The Labute approximate surface area is 90.3 Å². The molecule has 0 spiro atoms. The van der Waals surface area contributed by atoms with E-state index in [1.54, 1.807) is 7.11 Å². The fourth-order valence-corrected chi connectivity index (χ4v) is 2.31. The second-order valence-corrected chi connectivity index (χ2v) is 4.26. The fraction of sp³-hybridized carbons (Fsp3) is 0.636. The Balaban J connectivity index is 2.26. The Morgan fingerprint density at radius 1 is 1.57 bits per heavy atom. The summed E-state index contributed by atoms with van der Waals surface area (Å²) in [5, 5.41) is 5.67. The quantitative estimate of drug-likeness (QED) is 0.703. The van der Waals surface area contributed by atoms with Gasteiger partial charge in [-0.2, -0.15) is 0 Å². The number of nitrogens with one attached hydrogen (secondary N) is 1. The topological polar surface area (TPSA) is 21.3 Å². The van der Waals surface area contributed by atoms with Gasteiger partial charge in [-0.1, -0.05) is 13.0 Å². The third-order valence-corrected chi connectivity index (χ3v) is 3.20. The zero-order valence-corrected chi connectivity index (χ0v) is 9.77. The van der Waals surface area contributed by atoms with Crippen LogP contribution in [0.15, 0.2) is 17.5 Å². The van der Waals surface area contributed by atoms with E-state index in [9.17, 15) is 0 Å². The van der Waals surface area contributed by atoms with Gasteiger partial charge in [0, 0.05) is 24.6 Å². The molecular formula is C11H19NOS. The van der Waals surface area contributed by atoms with Gasteiger partial charge in [0.05, 0.1) is 0 Å². The maximum atomic E-state index is 5.01. The van der Waals surface area contributed by atoms with Crippen LogP contribution in [0.25, 0.3) is 0 Å². The Bertz CT molecular complexity index is 223. The van der Waals surface area contributed by atoms with Crippen molar-refractivity contribution in [2.24, 2.45) is 0 Å². The van der Waals surface area contributed by atoms with Crippen molar-refractivity contribution >= 4 is 11.3 Å². The number of hydrogen-bond acceptors (Lipinski definition) is 3. The summed E-state index contributed by atoms with van der Waals surface area (Å²) in [5.41, 5.74) is 0. The minimum absolute atomic E-state index is 0.520. The minimum Gasteiger partial charge on any atom is -0.385 e. The van der Waals surface area contributed by atoms with Gasteiger partial charge in [0.2, 0.25) is 0 Å². The first-order valence-corrected chi connectivity index (χ1v) is 6.02. The highest BCUT2D eigenvalue weighted by Crippen LogP contribution is 2.21.